The number of rotatable bonds is 10. The molecule has 1 unspecified atom stereocenters. The van der Waals surface area contributed by atoms with Gasteiger partial charge in [0, 0.05) is 36.6 Å². The zero-order valence-corrected chi connectivity index (χ0v) is 37.4. The molecule has 62 heavy (non-hydrogen) atoms. The molecule has 2 aliphatic heterocycles. The number of dihydropyridines is 1. The van der Waals surface area contributed by atoms with Crippen molar-refractivity contribution in [2.24, 2.45) is 63.9 Å². The van der Waals surface area contributed by atoms with Gasteiger partial charge in [0.25, 0.3) is 0 Å². The fourth-order valence-electron chi connectivity index (χ4n) is 16.3. The Morgan fingerprint density at radius 2 is 1.79 bits per heavy atom. The maximum Gasteiger partial charge on any atom is 0.182 e. The number of ether oxygens (including phenoxy) is 1. The lowest BCUT2D eigenvalue weighted by atomic mass is 9.40. The molecule has 1 spiro atoms. The van der Waals surface area contributed by atoms with E-state index in [4.69, 9.17) is 10.5 Å². The summed E-state index contributed by atoms with van der Waals surface area (Å²) < 4.78 is 7.09. The standard InChI is InChI=1S/C50H77N3O9/c1-4-7-29-9-14-33-34-8-5-6-18-50(61,45(34)62-38(33)15-10-29)46(3,59)39-17-19-49(60)42-41-31(24-48(39,49)20-21-54)12-11-30(32-13-16-40(51)52-27-32)23-47(41)25-37(57)36(56)22-35(47)44(58)43(42)53-26-28(2)55/h11-13,16,27-31,33-41,45,52-57,59-61H,4-10,14-15,17-26,51H2,1-3H3/t28-,29-,30+,31+,33-,34-,35-,36+,37-,38+,39+,40?,41-,45+,46+,47-,48+,49+,50+/m0/s1. The zero-order valence-electron chi connectivity index (χ0n) is 37.4. The van der Waals surface area contributed by atoms with Crippen molar-refractivity contribution in [3.05, 3.63) is 47.3 Å². The normalized spacial score (nSPS) is 48.8. The van der Waals surface area contributed by atoms with Crippen LogP contribution in [0.5, 0.6) is 0 Å². The van der Waals surface area contributed by atoms with Gasteiger partial charge in [-0.15, -0.1) is 0 Å². The Kier molecular flexibility index (Phi) is 12.1. The van der Waals surface area contributed by atoms with E-state index in [2.05, 4.69) is 29.7 Å². The minimum absolute atomic E-state index is 0.0354. The maximum atomic E-state index is 15.4. The van der Waals surface area contributed by atoms with Crippen molar-refractivity contribution >= 4 is 5.78 Å². The highest BCUT2D eigenvalue weighted by molar-refractivity contribution is 6.00. The van der Waals surface area contributed by atoms with Crippen LogP contribution in [0.3, 0.4) is 0 Å². The second-order valence-corrected chi connectivity index (χ2v) is 22.1. The van der Waals surface area contributed by atoms with Crippen molar-refractivity contribution in [1.82, 2.24) is 10.6 Å². The summed E-state index contributed by atoms with van der Waals surface area (Å²) in [5.74, 6) is -1.41. The molecular formula is C50H77N3O9. The largest absolute Gasteiger partial charge is 0.396 e. The van der Waals surface area contributed by atoms with Gasteiger partial charge in [0.2, 0.25) is 0 Å². The van der Waals surface area contributed by atoms with E-state index in [-0.39, 0.29) is 80.3 Å². The van der Waals surface area contributed by atoms with Gasteiger partial charge in [-0.25, -0.2) is 0 Å². The van der Waals surface area contributed by atoms with Crippen LogP contribution < -0.4 is 16.4 Å². The predicted octanol–water partition coefficient (Wildman–Crippen LogP) is 4.01. The van der Waals surface area contributed by atoms with Crippen molar-refractivity contribution in [2.45, 2.75) is 183 Å². The van der Waals surface area contributed by atoms with Gasteiger partial charge in [-0.05, 0) is 149 Å². The first-order valence-electron chi connectivity index (χ1n) is 24.6. The molecule has 0 aromatic rings. The molecule has 0 aromatic carbocycles. The molecule has 9 rings (SSSR count). The number of allylic oxidation sites excluding steroid dienone is 5. The van der Waals surface area contributed by atoms with E-state index >= 15 is 4.79 Å². The molecule has 6 fully saturated rings. The average molecular weight is 864 g/mol. The topological polar surface area (TPSA) is 218 Å². The monoisotopic (exact) mass is 864 g/mol. The second kappa shape index (κ2) is 16.6. The van der Waals surface area contributed by atoms with Crippen LogP contribution in [0, 0.1) is 58.2 Å². The number of aliphatic hydroxyl groups is 7. The van der Waals surface area contributed by atoms with Crippen LogP contribution in [0.1, 0.15) is 130 Å². The Labute approximate surface area is 368 Å². The average Bonchev–Trinajstić information content (AvgIpc) is 3.49. The smallest absolute Gasteiger partial charge is 0.182 e. The molecule has 346 valence electrons. The van der Waals surface area contributed by atoms with E-state index in [9.17, 15) is 35.7 Å². The number of hydrogen-bond donors (Lipinski definition) is 10. The van der Waals surface area contributed by atoms with Crippen LogP contribution in [0.25, 0.3) is 0 Å². The number of carbonyl (C=O) groups is 1. The highest BCUT2D eigenvalue weighted by atomic mass is 16.5. The van der Waals surface area contributed by atoms with Crippen molar-refractivity contribution in [2.75, 3.05) is 13.2 Å². The second-order valence-electron chi connectivity index (χ2n) is 22.1. The van der Waals surface area contributed by atoms with E-state index in [1.807, 2.05) is 18.4 Å². The Balaban J connectivity index is 1.18. The third-order valence-corrected chi connectivity index (χ3v) is 19.0. The van der Waals surface area contributed by atoms with Crippen LogP contribution in [0.4, 0.5) is 0 Å². The molecule has 2 heterocycles. The molecule has 0 bridgehead atoms. The molecule has 7 aliphatic carbocycles. The Hall–Kier alpha value is -2.13. The van der Waals surface area contributed by atoms with Crippen molar-refractivity contribution in [1.29, 1.82) is 0 Å². The van der Waals surface area contributed by atoms with Crippen molar-refractivity contribution in [3.8, 4) is 0 Å². The first-order chi connectivity index (χ1) is 29.5. The van der Waals surface area contributed by atoms with Gasteiger partial charge in [0.05, 0.1) is 53.6 Å². The highest BCUT2D eigenvalue weighted by Crippen LogP contribution is 2.74. The maximum absolute atomic E-state index is 15.4. The van der Waals surface area contributed by atoms with Crippen molar-refractivity contribution in [3.63, 3.8) is 0 Å². The summed E-state index contributed by atoms with van der Waals surface area (Å²) in [5.41, 5.74) is 0.806. The minimum atomic E-state index is -1.75. The molecule has 12 nitrogen and oxygen atoms in total. The number of Topliss-reactive ketones (excluding diaryl/α,β-unsaturated/α-hetero) is 1. The van der Waals surface area contributed by atoms with E-state index < -0.39 is 69.8 Å². The third-order valence-electron chi connectivity index (χ3n) is 19.0. The summed E-state index contributed by atoms with van der Waals surface area (Å²) >= 11 is 0. The number of fused-ring (bicyclic) bond motifs is 5. The summed E-state index contributed by atoms with van der Waals surface area (Å²) in [4.78, 5) is 15.4. The molecule has 0 aromatic heterocycles. The summed E-state index contributed by atoms with van der Waals surface area (Å²) in [6, 6.07) is 0. The fraction of sp³-hybridized carbons (Fsp3) is 0.820. The number of aliphatic hydroxyl groups excluding tert-OH is 4. The SMILES string of the molecule is CCC[C@H]1CC[C@H]2[C@@H]3CCCC[C@](O)([C@](C)(O)[C@H]4CC[C@@]5(O)C6=C(NC[C@H](C)O)C(=O)[C@@H]7C[C@@H](O)[C@@H](O)C[C@@]78C[C@H](C7=CNC(N)C=C7)C=C[C@H](C[C@]45CCO)[C@@H]68)[C@@H]3O[C@@H]2CC1. The number of nitrogens with one attached hydrogen (secondary N) is 2. The summed E-state index contributed by atoms with van der Waals surface area (Å²) in [7, 11) is 0. The predicted molar refractivity (Wildman–Crippen MR) is 234 cm³/mol. The van der Waals surface area contributed by atoms with E-state index in [0.29, 0.717) is 43.1 Å². The van der Waals surface area contributed by atoms with Crippen molar-refractivity contribution < 1.29 is 45.3 Å². The van der Waals surface area contributed by atoms with Crippen LogP contribution in [-0.2, 0) is 9.53 Å². The summed E-state index contributed by atoms with van der Waals surface area (Å²) in [5, 5.41) is 92.4. The molecule has 11 N–H and O–H groups in total. The first kappa shape index (κ1) is 45.0. The van der Waals surface area contributed by atoms with Gasteiger partial charge in [-0.2, -0.15) is 0 Å². The first-order valence-corrected chi connectivity index (χ1v) is 24.6. The van der Waals surface area contributed by atoms with Gasteiger partial charge in [-0.1, -0.05) is 57.3 Å². The van der Waals surface area contributed by atoms with Crippen LogP contribution >= 0.6 is 0 Å². The van der Waals surface area contributed by atoms with E-state index in [1.54, 1.807) is 13.8 Å². The summed E-state index contributed by atoms with van der Waals surface area (Å²) in [6.45, 7) is 5.45. The minimum Gasteiger partial charge on any atom is -0.396 e. The Bertz CT molecular complexity index is 1830. The molecule has 5 saturated carbocycles. The van der Waals surface area contributed by atoms with E-state index in [1.165, 1.54) is 12.8 Å². The van der Waals surface area contributed by atoms with Gasteiger partial charge in [0.1, 0.15) is 5.60 Å². The van der Waals surface area contributed by atoms with Gasteiger partial charge in [-0.3, -0.25) is 4.79 Å². The molecular weight excluding hydrogens is 787 g/mol. The van der Waals surface area contributed by atoms with Gasteiger partial charge >= 0.3 is 0 Å². The molecule has 12 heteroatoms. The molecule has 0 radical (unpaired) electrons. The quantitative estimate of drug-likeness (QED) is 0.141. The lowest BCUT2D eigenvalue weighted by Gasteiger charge is -2.65. The molecule has 9 aliphatic rings. The Morgan fingerprint density at radius 3 is 2.52 bits per heavy atom. The Morgan fingerprint density at radius 1 is 1.00 bits per heavy atom. The molecule has 0 amide bonds. The summed E-state index contributed by atoms with van der Waals surface area (Å²) in [6.07, 6.45) is 17.8. The zero-order chi connectivity index (χ0) is 44.0. The van der Waals surface area contributed by atoms with Crippen LogP contribution in [-0.4, -0.2) is 108 Å². The lowest BCUT2D eigenvalue weighted by molar-refractivity contribution is -0.258. The third kappa shape index (κ3) is 6.80. The molecule has 1 saturated heterocycles. The van der Waals surface area contributed by atoms with E-state index in [0.717, 1.165) is 50.5 Å². The molecule has 19 atom stereocenters. The van der Waals surface area contributed by atoms with Gasteiger partial charge in [0.15, 0.2) is 5.78 Å². The highest BCUT2D eigenvalue weighted by Gasteiger charge is 2.76. The van der Waals surface area contributed by atoms with Gasteiger partial charge < -0.3 is 56.8 Å². The number of ketones is 1. The fourth-order valence-corrected chi connectivity index (χ4v) is 16.3. The van der Waals surface area contributed by atoms with Crippen LogP contribution in [0.2, 0.25) is 0 Å². The number of nitrogens with two attached hydrogens (primary N) is 1. The number of carbonyl (C=O) groups excluding carboxylic acids is 1. The number of hydrogen-bond acceptors (Lipinski definition) is 12. The van der Waals surface area contributed by atoms with Crippen LogP contribution in [0.15, 0.2) is 47.3 Å². The lowest BCUT2D eigenvalue weighted by Crippen LogP contribution is -2.70.